The SMILES string of the molecule is C=C(C)C(=C)CCCOCCOCCOc1ccc(C(=O)OC2C(=O)CCC2=O)c(C2=c3cc(C)c(=C)c(C)c3Oc3c2cc(C)c(C)c3C)c1. The van der Waals surface area contributed by atoms with Crippen LogP contribution in [0.2, 0.25) is 0 Å². The molecular weight excluding hydrogens is 644 g/mol. The van der Waals surface area contributed by atoms with Crippen LogP contribution < -0.4 is 19.9 Å². The van der Waals surface area contributed by atoms with E-state index in [9.17, 15) is 14.4 Å². The molecule has 0 unspecified atom stereocenters. The Morgan fingerprint density at radius 1 is 0.804 bits per heavy atom. The average molecular weight is 693 g/mol. The number of ketones is 2. The molecule has 1 fully saturated rings. The number of hydrogen-bond donors (Lipinski definition) is 0. The van der Waals surface area contributed by atoms with Gasteiger partial charge in [-0.15, -0.1) is 0 Å². The number of carbonyl (C=O) groups is 3. The molecular formula is C43H48O8. The number of Topliss-reactive ketones (excluding diaryl/α,β-unsaturated/α-hetero) is 2. The molecule has 268 valence electrons. The lowest BCUT2D eigenvalue weighted by atomic mass is 9.85. The van der Waals surface area contributed by atoms with Crippen LogP contribution in [0, 0.1) is 34.6 Å². The maximum absolute atomic E-state index is 13.9. The third-order valence-electron chi connectivity index (χ3n) is 9.86. The molecule has 0 radical (unpaired) electrons. The standard InChI is InChI=1S/C43H48O8/c1-24(2)25(3)11-10-16-47-17-18-48-19-20-49-32-12-13-33(43(46)51-42-37(44)14-15-38(42)45)34(23-32)39-35-21-26(4)28(6)30(8)40(35)50-41-31(9)29(7)27(5)22-36(39)41/h12-13,21-23,42H,1,3,6,10-11,14-20H2,2,4-5,7-9H3. The minimum Gasteiger partial charge on any atom is -0.491 e. The number of rotatable bonds is 15. The molecule has 2 aliphatic rings. The Balaban J connectivity index is 1.46. The van der Waals surface area contributed by atoms with Crippen LogP contribution in [0.4, 0.5) is 0 Å². The summed E-state index contributed by atoms with van der Waals surface area (Å²) in [5.41, 5.74) is 9.34. The van der Waals surface area contributed by atoms with Gasteiger partial charge in [-0.25, -0.2) is 4.79 Å². The van der Waals surface area contributed by atoms with Gasteiger partial charge in [0, 0.05) is 41.4 Å². The molecule has 1 aliphatic carbocycles. The molecule has 5 rings (SSSR count). The Labute approximate surface area is 300 Å². The Bertz CT molecular complexity index is 2020. The lowest BCUT2D eigenvalue weighted by molar-refractivity contribution is -0.133. The van der Waals surface area contributed by atoms with Gasteiger partial charge in [0.05, 0.1) is 25.4 Å². The summed E-state index contributed by atoms with van der Waals surface area (Å²) in [7, 11) is 0. The van der Waals surface area contributed by atoms with Gasteiger partial charge < -0.3 is 23.7 Å². The van der Waals surface area contributed by atoms with Crippen LogP contribution in [0.3, 0.4) is 0 Å². The highest BCUT2D eigenvalue weighted by Gasteiger charge is 2.37. The van der Waals surface area contributed by atoms with E-state index in [0.717, 1.165) is 73.4 Å². The number of carbonyl (C=O) groups excluding carboxylic acids is 3. The zero-order valence-corrected chi connectivity index (χ0v) is 30.7. The Kier molecular flexibility index (Phi) is 11.8. The monoisotopic (exact) mass is 692 g/mol. The zero-order valence-electron chi connectivity index (χ0n) is 30.7. The highest BCUT2D eigenvalue weighted by molar-refractivity contribution is 6.13. The fourth-order valence-corrected chi connectivity index (χ4v) is 6.36. The summed E-state index contributed by atoms with van der Waals surface area (Å²) in [6.07, 6.45) is 0.466. The number of hydrogen-bond acceptors (Lipinski definition) is 8. The zero-order chi connectivity index (χ0) is 37.0. The predicted octanol–water partition coefficient (Wildman–Crippen LogP) is 6.77. The summed E-state index contributed by atoms with van der Waals surface area (Å²) < 4.78 is 29.8. The Morgan fingerprint density at radius 3 is 2.16 bits per heavy atom. The summed E-state index contributed by atoms with van der Waals surface area (Å²) in [5.74, 6) is 0.315. The lowest BCUT2D eigenvalue weighted by Gasteiger charge is -2.27. The van der Waals surface area contributed by atoms with Gasteiger partial charge in [-0.2, -0.15) is 0 Å². The quantitative estimate of drug-likeness (QED) is 0.0583. The van der Waals surface area contributed by atoms with Gasteiger partial charge >= 0.3 is 5.97 Å². The fourth-order valence-electron chi connectivity index (χ4n) is 6.36. The summed E-state index contributed by atoms with van der Waals surface area (Å²) in [5, 5.41) is 1.66. The Hall–Kier alpha value is -4.79. The third-order valence-corrected chi connectivity index (χ3v) is 9.86. The van der Waals surface area contributed by atoms with Crippen molar-refractivity contribution < 1.29 is 38.1 Å². The first-order chi connectivity index (χ1) is 24.3. The number of ether oxygens (including phenoxy) is 5. The summed E-state index contributed by atoms with van der Waals surface area (Å²) in [6.45, 7) is 26.4. The first-order valence-electron chi connectivity index (χ1n) is 17.4. The van der Waals surface area contributed by atoms with Gasteiger partial charge in [0.15, 0.2) is 11.6 Å². The van der Waals surface area contributed by atoms with Gasteiger partial charge in [0.2, 0.25) is 6.10 Å². The molecule has 3 aromatic carbocycles. The van der Waals surface area contributed by atoms with Crippen LogP contribution >= 0.6 is 0 Å². The van der Waals surface area contributed by atoms with E-state index in [1.807, 2.05) is 40.7 Å². The van der Waals surface area contributed by atoms with Crippen molar-refractivity contribution in [1.82, 2.24) is 0 Å². The van der Waals surface area contributed by atoms with Crippen LogP contribution in [0.25, 0.3) is 12.2 Å². The number of fused-ring (bicyclic) bond motifs is 2. The molecule has 0 amide bonds. The topological polar surface area (TPSA) is 97.4 Å². The second kappa shape index (κ2) is 16.0. The van der Waals surface area contributed by atoms with Gasteiger partial charge in [0.25, 0.3) is 0 Å². The minimum absolute atomic E-state index is 0.0650. The van der Waals surface area contributed by atoms with E-state index in [1.165, 1.54) is 0 Å². The van der Waals surface area contributed by atoms with Gasteiger partial charge in [-0.05, 0) is 118 Å². The van der Waals surface area contributed by atoms with Crippen molar-refractivity contribution in [3.05, 3.63) is 110 Å². The van der Waals surface area contributed by atoms with Crippen molar-refractivity contribution in [2.75, 3.05) is 33.0 Å². The maximum Gasteiger partial charge on any atom is 0.339 e. The molecule has 8 heteroatoms. The smallest absolute Gasteiger partial charge is 0.339 e. The van der Waals surface area contributed by atoms with E-state index in [1.54, 1.807) is 18.2 Å². The van der Waals surface area contributed by atoms with E-state index in [0.29, 0.717) is 49.2 Å². The molecule has 1 aliphatic heterocycles. The molecule has 51 heavy (non-hydrogen) atoms. The van der Waals surface area contributed by atoms with E-state index >= 15 is 0 Å². The molecule has 0 saturated heterocycles. The number of esters is 1. The number of allylic oxidation sites excluding steroid dienone is 2. The summed E-state index contributed by atoms with van der Waals surface area (Å²) in [4.78, 5) is 38.8. The summed E-state index contributed by atoms with van der Waals surface area (Å²) >= 11 is 0. The van der Waals surface area contributed by atoms with E-state index in [2.05, 4.69) is 32.7 Å². The van der Waals surface area contributed by atoms with E-state index in [4.69, 9.17) is 23.7 Å². The van der Waals surface area contributed by atoms with Crippen LogP contribution in [0.15, 0.2) is 54.6 Å². The van der Waals surface area contributed by atoms with Gasteiger partial charge in [0.1, 0.15) is 23.9 Å². The molecule has 1 heterocycles. The molecule has 8 nitrogen and oxygen atoms in total. The van der Waals surface area contributed by atoms with Crippen LogP contribution in [-0.2, 0) is 23.8 Å². The van der Waals surface area contributed by atoms with Crippen molar-refractivity contribution in [2.45, 2.75) is 73.3 Å². The fraction of sp³-hybridized carbons (Fsp3) is 0.372. The highest BCUT2D eigenvalue weighted by atomic mass is 16.6. The molecule has 0 N–H and O–H groups in total. The predicted molar refractivity (Wildman–Crippen MR) is 198 cm³/mol. The van der Waals surface area contributed by atoms with Gasteiger partial charge in [-0.1, -0.05) is 30.9 Å². The summed E-state index contributed by atoms with van der Waals surface area (Å²) in [6, 6.07) is 9.20. The molecule has 1 saturated carbocycles. The van der Waals surface area contributed by atoms with Crippen molar-refractivity contribution in [3.8, 4) is 17.2 Å². The second-order valence-electron chi connectivity index (χ2n) is 13.5. The van der Waals surface area contributed by atoms with Crippen molar-refractivity contribution in [2.24, 2.45) is 0 Å². The minimum atomic E-state index is -1.40. The van der Waals surface area contributed by atoms with Gasteiger partial charge in [-0.3, -0.25) is 9.59 Å². The molecule has 0 aromatic heterocycles. The number of benzene rings is 3. The molecule has 3 aromatic rings. The third kappa shape index (κ3) is 8.08. The highest BCUT2D eigenvalue weighted by Crippen LogP contribution is 2.43. The van der Waals surface area contributed by atoms with Crippen molar-refractivity contribution in [3.63, 3.8) is 0 Å². The number of aryl methyl sites for hydroxylation is 2. The molecule has 0 spiro atoms. The second-order valence-corrected chi connectivity index (χ2v) is 13.5. The first-order valence-corrected chi connectivity index (χ1v) is 17.4. The first kappa shape index (κ1) is 37.5. The Morgan fingerprint density at radius 2 is 1.47 bits per heavy atom. The van der Waals surface area contributed by atoms with Crippen LogP contribution in [0.5, 0.6) is 17.2 Å². The maximum atomic E-state index is 13.9. The molecule has 0 atom stereocenters. The van der Waals surface area contributed by atoms with Crippen LogP contribution in [-0.4, -0.2) is 56.7 Å². The largest absolute Gasteiger partial charge is 0.491 e. The van der Waals surface area contributed by atoms with Crippen LogP contribution in [0.1, 0.15) is 81.9 Å². The van der Waals surface area contributed by atoms with Crippen molar-refractivity contribution in [1.29, 1.82) is 0 Å². The van der Waals surface area contributed by atoms with E-state index in [-0.39, 0.29) is 36.6 Å². The lowest BCUT2D eigenvalue weighted by Crippen LogP contribution is -2.29. The average Bonchev–Trinajstić information content (AvgIpc) is 3.41. The molecule has 0 bridgehead atoms. The van der Waals surface area contributed by atoms with Crippen molar-refractivity contribution >= 4 is 29.7 Å². The normalized spacial score (nSPS) is 13.9. The van der Waals surface area contributed by atoms with E-state index < -0.39 is 12.1 Å².